The fraction of sp³-hybridized carbons (Fsp3) is 0.185. The topological polar surface area (TPSA) is 67.6 Å². The molecule has 1 fully saturated rings. The van der Waals surface area contributed by atoms with Crippen molar-refractivity contribution in [2.24, 2.45) is 0 Å². The molecule has 2 heterocycles. The number of thioether (sulfide) groups is 1. The van der Waals surface area contributed by atoms with Gasteiger partial charge in [0.05, 0.1) is 35.4 Å². The zero-order valence-electron chi connectivity index (χ0n) is 18.9. The number of para-hydroxylation sites is 1. The highest BCUT2D eigenvalue weighted by atomic mass is 35.5. The lowest BCUT2D eigenvalue weighted by molar-refractivity contribution is -0.113. The molecule has 3 aromatic carbocycles. The second-order valence-electron chi connectivity index (χ2n) is 7.96. The number of rotatable bonds is 7. The van der Waals surface area contributed by atoms with Crippen LogP contribution in [0.4, 0.5) is 11.4 Å². The van der Waals surface area contributed by atoms with Crippen LogP contribution in [0.3, 0.4) is 0 Å². The normalized spacial score (nSPS) is 13.6. The summed E-state index contributed by atoms with van der Waals surface area (Å²) in [5.41, 5.74) is 4.16. The van der Waals surface area contributed by atoms with Crippen LogP contribution in [0.25, 0.3) is 22.6 Å². The number of carbonyl (C=O) groups excluding carboxylic acids is 1. The number of anilines is 2. The summed E-state index contributed by atoms with van der Waals surface area (Å²) in [4.78, 5) is 19.7. The predicted octanol–water partition coefficient (Wildman–Crippen LogP) is 6.23. The minimum absolute atomic E-state index is 0.151. The van der Waals surface area contributed by atoms with E-state index in [1.165, 1.54) is 11.8 Å². The van der Waals surface area contributed by atoms with Gasteiger partial charge < -0.3 is 19.4 Å². The van der Waals surface area contributed by atoms with Crippen molar-refractivity contribution in [3.63, 3.8) is 0 Å². The fourth-order valence-corrected chi connectivity index (χ4v) is 4.90. The van der Waals surface area contributed by atoms with Gasteiger partial charge >= 0.3 is 0 Å². The van der Waals surface area contributed by atoms with E-state index in [9.17, 15) is 4.79 Å². The first kappa shape index (κ1) is 23.5. The number of carbonyl (C=O) groups is 1. The van der Waals surface area contributed by atoms with Gasteiger partial charge in [0.15, 0.2) is 5.76 Å². The molecule has 178 valence electrons. The van der Waals surface area contributed by atoms with E-state index in [4.69, 9.17) is 25.7 Å². The Hall–Kier alpha value is -3.26. The Balaban J connectivity index is 1.33. The number of morpholine rings is 1. The van der Waals surface area contributed by atoms with Crippen LogP contribution < -0.4 is 10.2 Å². The number of ether oxygens (including phenoxy) is 1. The summed E-state index contributed by atoms with van der Waals surface area (Å²) in [6, 6.07) is 25.3. The summed E-state index contributed by atoms with van der Waals surface area (Å²) in [6.07, 6.45) is 0. The standard InChI is InChI=1S/C27H24ClN3O3S/c28-21-12-7-13-22(25(21)31-14-16-33-17-15-31)29-23(32)18-35-27-30-24(19-8-3-1-4-9-19)26(34-27)20-10-5-2-6-11-20/h1-13H,14-18H2,(H,29,32). The zero-order chi connectivity index (χ0) is 24.0. The van der Waals surface area contributed by atoms with Gasteiger partial charge in [0, 0.05) is 24.2 Å². The summed E-state index contributed by atoms with van der Waals surface area (Å²) in [7, 11) is 0. The number of hydrogen-bond donors (Lipinski definition) is 1. The summed E-state index contributed by atoms with van der Waals surface area (Å²) < 4.78 is 11.6. The third-order valence-electron chi connectivity index (χ3n) is 5.61. The lowest BCUT2D eigenvalue weighted by Gasteiger charge is -2.31. The summed E-state index contributed by atoms with van der Waals surface area (Å²) in [6.45, 7) is 2.71. The monoisotopic (exact) mass is 505 g/mol. The van der Waals surface area contributed by atoms with Crippen molar-refractivity contribution in [1.29, 1.82) is 0 Å². The highest BCUT2D eigenvalue weighted by Gasteiger charge is 2.21. The van der Waals surface area contributed by atoms with Gasteiger partial charge in [-0.3, -0.25) is 4.79 Å². The van der Waals surface area contributed by atoms with Gasteiger partial charge in [0.1, 0.15) is 5.69 Å². The quantitative estimate of drug-likeness (QED) is 0.300. The maximum atomic E-state index is 12.9. The van der Waals surface area contributed by atoms with Gasteiger partial charge in [-0.15, -0.1) is 0 Å². The molecule has 35 heavy (non-hydrogen) atoms. The number of oxazole rings is 1. The molecule has 1 amide bonds. The second kappa shape index (κ2) is 11.0. The van der Waals surface area contributed by atoms with E-state index in [1.807, 2.05) is 78.9 Å². The molecule has 0 radical (unpaired) electrons. The number of halogens is 1. The molecule has 1 aliphatic rings. The summed E-state index contributed by atoms with van der Waals surface area (Å²) in [5.74, 6) is 0.676. The zero-order valence-corrected chi connectivity index (χ0v) is 20.5. The second-order valence-corrected chi connectivity index (χ2v) is 9.30. The lowest BCUT2D eigenvalue weighted by atomic mass is 10.1. The molecule has 0 spiro atoms. The molecule has 5 rings (SSSR count). The maximum absolute atomic E-state index is 12.9. The van der Waals surface area contributed by atoms with Gasteiger partial charge in [-0.2, -0.15) is 0 Å². The smallest absolute Gasteiger partial charge is 0.257 e. The highest BCUT2D eigenvalue weighted by molar-refractivity contribution is 7.99. The van der Waals surface area contributed by atoms with Crippen molar-refractivity contribution < 1.29 is 13.9 Å². The minimum atomic E-state index is -0.160. The number of nitrogens with one attached hydrogen (secondary N) is 1. The van der Waals surface area contributed by atoms with Crippen LogP contribution in [0.1, 0.15) is 0 Å². The summed E-state index contributed by atoms with van der Waals surface area (Å²) in [5, 5.41) is 4.05. The van der Waals surface area contributed by atoms with Crippen LogP contribution >= 0.6 is 23.4 Å². The van der Waals surface area contributed by atoms with Crippen molar-refractivity contribution >= 4 is 40.6 Å². The first-order chi connectivity index (χ1) is 17.2. The average molecular weight is 506 g/mol. The molecule has 0 unspecified atom stereocenters. The van der Waals surface area contributed by atoms with Crippen LogP contribution in [-0.2, 0) is 9.53 Å². The Morgan fingerprint density at radius 1 is 0.943 bits per heavy atom. The molecule has 1 aliphatic heterocycles. The molecule has 0 aliphatic carbocycles. The minimum Gasteiger partial charge on any atom is -0.431 e. The first-order valence-electron chi connectivity index (χ1n) is 11.3. The number of benzene rings is 3. The molecule has 1 saturated heterocycles. The van der Waals surface area contributed by atoms with E-state index >= 15 is 0 Å². The number of nitrogens with zero attached hydrogens (tertiary/aromatic N) is 2. The molecule has 0 saturated carbocycles. The molecular weight excluding hydrogens is 482 g/mol. The van der Waals surface area contributed by atoms with Gasteiger partial charge in [-0.1, -0.05) is 90.1 Å². The lowest BCUT2D eigenvalue weighted by Crippen LogP contribution is -2.37. The third-order valence-corrected chi connectivity index (χ3v) is 6.74. The van der Waals surface area contributed by atoms with Crippen LogP contribution in [0.2, 0.25) is 5.02 Å². The van der Waals surface area contributed by atoms with Crippen molar-refractivity contribution in [3.8, 4) is 22.6 Å². The van der Waals surface area contributed by atoms with Gasteiger partial charge in [-0.25, -0.2) is 4.98 Å². The van der Waals surface area contributed by atoms with Gasteiger partial charge in [-0.05, 0) is 12.1 Å². The SMILES string of the molecule is O=C(CSc1nc(-c2ccccc2)c(-c2ccccc2)o1)Nc1cccc(Cl)c1N1CCOCC1. The molecule has 0 atom stereocenters. The molecule has 0 bridgehead atoms. The van der Waals surface area contributed by atoms with Crippen molar-refractivity contribution in [2.45, 2.75) is 5.22 Å². The van der Waals surface area contributed by atoms with Crippen LogP contribution in [-0.4, -0.2) is 42.9 Å². The van der Waals surface area contributed by atoms with Crippen LogP contribution in [0.15, 0.2) is 88.5 Å². The van der Waals surface area contributed by atoms with Crippen molar-refractivity contribution in [2.75, 3.05) is 42.3 Å². The van der Waals surface area contributed by atoms with E-state index in [-0.39, 0.29) is 11.7 Å². The largest absolute Gasteiger partial charge is 0.431 e. The predicted molar refractivity (Wildman–Crippen MR) is 141 cm³/mol. The third kappa shape index (κ3) is 5.53. The van der Waals surface area contributed by atoms with Crippen molar-refractivity contribution in [3.05, 3.63) is 83.9 Å². The van der Waals surface area contributed by atoms with E-state index in [2.05, 4.69) is 10.2 Å². The molecule has 6 nitrogen and oxygen atoms in total. The van der Waals surface area contributed by atoms with Gasteiger partial charge in [0.2, 0.25) is 5.91 Å². The first-order valence-corrected chi connectivity index (χ1v) is 12.7. The van der Waals surface area contributed by atoms with E-state index in [0.29, 0.717) is 34.9 Å². The van der Waals surface area contributed by atoms with Crippen LogP contribution in [0.5, 0.6) is 0 Å². The Bertz CT molecular complexity index is 1230. The number of amides is 1. The molecule has 1 N–H and O–H groups in total. The molecule has 1 aromatic heterocycles. The van der Waals surface area contributed by atoms with Gasteiger partial charge in [0.25, 0.3) is 5.22 Å². The molecule has 4 aromatic rings. The molecular formula is C27H24ClN3O3S. The molecule has 8 heteroatoms. The number of aromatic nitrogens is 1. The highest BCUT2D eigenvalue weighted by Crippen LogP contribution is 2.37. The Morgan fingerprint density at radius 2 is 1.63 bits per heavy atom. The maximum Gasteiger partial charge on any atom is 0.257 e. The van der Waals surface area contributed by atoms with E-state index in [1.54, 1.807) is 0 Å². The van der Waals surface area contributed by atoms with E-state index < -0.39 is 0 Å². The van der Waals surface area contributed by atoms with Crippen LogP contribution in [0, 0.1) is 0 Å². The Kier molecular flexibility index (Phi) is 7.37. The number of hydrogen-bond acceptors (Lipinski definition) is 6. The fourth-order valence-electron chi connectivity index (χ4n) is 3.98. The Morgan fingerprint density at radius 3 is 2.34 bits per heavy atom. The average Bonchev–Trinajstić information content (AvgIpc) is 3.34. The van der Waals surface area contributed by atoms with E-state index in [0.717, 1.165) is 35.6 Å². The summed E-state index contributed by atoms with van der Waals surface area (Å²) >= 11 is 7.75. The van der Waals surface area contributed by atoms with Crippen molar-refractivity contribution in [1.82, 2.24) is 4.98 Å². The Labute approximate surface area is 213 Å².